The number of carbonyl (C=O) groups is 1. The number of carbonyl (C=O) groups excluding carboxylic acids is 1. The molecule has 3 heteroatoms. The Bertz CT molecular complexity index is 600. The highest BCUT2D eigenvalue weighted by atomic mass is 16.5. The zero-order valence-electron chi connectivity index (χ0n) is 12.0. The molecule has 2 aromatic carbocycles. The summed E-state index contributed by atoms with van der Waals surface area (Å²) in [4.78, 5) is 10.9. The van der Waals surface area contributed by atoms with Gasteiger partial charge in [0.1, 0.15) is 12.4 Å². The predicted octanol–water partition coefficient (Wildman–Crippen LogP) is 3.73. The first-order valence-corrected chi connectivity index (χ1v) is 6.48. The maximum atomic E-state index is 10.9. The molecule has 0 unspecified atom stereocenters. The van der Waals surface area contributed by atoms with Crippen molar-refractivity contribution in [3.05, 3.63) is 53.6 Å². The van der Waals surface area contributed by atoms with E-state index in [9.17, 15) is 4.79 Å². The lowest BCUT2D eigenvalue weighted by Gasteiger charge is -2.12. The van der Waals surface area contributed by atoms with Gasteiger partial charge in [0.15, 0.2) is 0 Å². The number of hydrogen-bond donors (Lipinski definition) is 0. The molecule has 0 aromatic heterocycles. The predicted molar refractivity (Wildman–Crippen MR) is 78.6 cm³/mol. The number of benzene rings is 2. The molecule has 2 rings (SSSR count). The molecule has 0 fully saturated rings. The van der Waals surface area contributed by atoms with Crippen LogP contribution in [0.3, 0.4) is 0 Å². The fourth-order valence-electron chi connectivity index (χ4n) is 2.10. The van der Waals surface area contributed by atoms with Gasteiger partial charge in [0.2, 0.25) is 0 Å². The minimum Gasteiger partial charge on any atom is -0.497 e. The van der Waals surface area contributed by atoms with Gasteiger partial charge in [0.05, 0.1) is 7.11 Å². The Labute approximate surface area is 119 Å². The molecule has 0 N–H and O–H groups in total. The normalized spacial score (nSPS) is 10.2. The first-order valence-electron chi connectivity index (χ1n) is 6.48. The highest BCUT2D eigenvalue weighted by molar-refractivity contribution is 5.69. The van der Waals surface area contributed by atoms with Gasteiger partial charge < -0.3 is 9.47 Å². The topological polar surface area (TPSA) is 35.5 Å². The molecule has 0 radical (unpaired) electrons. The van der Waals surface area contributed by atoms with Gasteiger partial charge in [-0.2, -0.15) is 0 Å². The molecule has 0 saturated carbocycles. The molecule has 0 aliphatic carbocycles. The number of ether oxygens (including phenoxy) is 2. The van der Waals surface area contributed by atoms with Crippen molar-refractivity contribution in [1.82, 2.24) is 0 Å². The smallest absolute Gasteiger partial charge is 0.302 e. The van der Waals surface area contributed by atoms with Crippen molar-refractivity contribution in [2.24, 2.45) is 0 Å². The number of hydrogen-bond acceptors (Lipinski definition) is 3. The molecule has 0 spiro atoms. The van der Waals surface area contributed by atoms with Crippen molar-refractivity contribution in [3.63, 3.8) is 0 Å². The van der Waals surface area contributed by atoms with Gasteiger partial charge in [-0.25, -0.2) is 0 Å². The van der Waals surface area contributed by atoms with Gasteiger partial charge in [-0.15, -0.1) is 0 Å². The minimum absolute atomic E-state index is 0.265. The maximum absolute atomic E-state index is 10.9. The summed E-state index contributed by atoms with van der Waals surface area (Å²) >= 11 is 0. The molecule has 0 bridgehead atoms. The maximum Gasteiger partial charge on any atom is 0.302 e. The van der Waals surface area contributed by atoms with E-state index in [0.29, 0.717) is 6.61 Å². The van der Waals surface area contributed by atoms with Crippen molar-refractivity contribution in [3.8, 4) is 16.9 Å². The Morgan fingerprint density at radius 3 is 2.40 bits per heavy atom. The summed E-state index contributed by atoms with van der Waals surface area (Å²) in [5.41, 5.74) is 4.40. The van der Waals surface area contributed by atoms with Crippen LogP contribution in [-0.2, 0) is 16.1 Å². The van der Waals surface area contributed by atoms with Crippen molar-refractivity contribution >= 4 is 5.97 Å². The molecular weight excluding hydrogens is 252 g/mol. The van der Waals surface area contributed by atoms with Crippen molar-refractivity contribution in [2.75, 3.05) is 7.11 Å². The first-order chi connectivity index (χ1) is 9.61. The summed E-state index contributed by atoms with van der Waals surface area (Å²) in [6.45, 7) is 3.77. The summed E-state index contributed by atoms with van der Waals surface area (Å²) in [7, 11) is 1.65. The van der Waals surface area contributed by atoms with Gasteiger partial charge in [-0.1, -0.05) is 30.3 Å². The lowest BCUT2D eigenvalue weighted by Crippen LogP contribution is -2.01. The van der Waals surface area contributed by atoms with Gasteiger partial charge >= 0.3 is 5.97 Å². The molecule has 0 amide bonds. The average molecular weight is 270 g/mol. The standard InChI is InChI=1S/C17H18O3/c1-12-15(11-20-13(2)18)5-4-6-17(12)14-7-9-16(19-3)10-8-14/h4-10H,11H2,1-3H3. The van der Waals surface area contributed by atoms with Crippen LogP contribution in [0.15, 0.2) is 42.5 Å². The molecule has 2 aromatic rings. The summed E-state index contributed by atoms with van der Waals surface area (Å²) < 4.78 is 10.2. The monoisotopic (exact) mass is 270 g/mol. The molecule has 0 aliphatic rings. The zero-order chi connectivity index (χ0) is 14.5. The Hall–Kier alpha value is -2.29. The fraction of sp³-hybridized carbons (Fsp3) is 0.235. The van der Waals surface area contributed by atoms with Gasteiger partial charge in [-0.3, -0.25) is 4.79 Å². The van der Waals surface area contributed by atoms with Crippen LogP contribution in [-0.4, -0.2) is 13.1 Å². The van der Waals surface area contributed by atoms with Crippen molar-refractivity contribution < 1.29 is 14.3 Å². The molecule has 3 nitrogen and oxygen atoms in total. The second kappa shape index (κ2) is 6.24. The van der Waals surface area contributed by atoms with Crippen LogP contribution in [0, 0.1) is 6.92 Å². The van der Waals surface area contributed by atoms with E-state index in [4.69, 9.17) is 9.47 Å². The van der Waals surface area contributed by atoms with Crippen LogP contribution in [0.2, 0.25) is 0 Å². The zero-order valence-corrected chi connectivity index (χ0v) is 12.0. The number of rotatable bonds is 4. The highest BCUT2D eigenvalue weighted by Gasteiger charge is 2.07. The van der Waals surface area contributed by atoms with E-state index in [0.717, 1.165) is 28.0 Å². The second-order valence-electron chi connectivity index (χ2n) is 4.60. The lowest BCUT2D eigenvalue weighted by atomic mass is 9.97. The van der Waals surface area contributed by atoms with Crippen LogP contribution < -0.4 is 4.74 Å². The number of methoxy groups -OCH3 is 1. The SMILES string of the molecule is COc1ccc(-c2cccc(COC(C)=O)c2C)cc1. The van der Waals surface area contributed by atoms with Crippen molar-refractivity contribution in [1.29, 1.82) is 0 Å². The Balaban J connectivity index is 2.31. The summed E-state index contributed by atoms with van der Waals surface area (Å²) in [6, 6.07) is 13.9. The Kier molecular flexibility index (Phi) is 4.41. The molecule has 20 heavy (non-hydrogen) atoms. The molecule has 0 heterocycles. The second-order valence-corrected chi connectivity index (χ2v) is 4.60. The summed E-state index contributed by atoms with van der Waals surface area (Å²) in [5, 5.41) is 0. The van der Waals surface area contributed by atoms with Crippen molar-refractivity contribution in [2.45, 2.75) is 20.5 Å². The third kappa shape index (κ3) is 3.18. The fourth-order valence-corrected chi connectivity index (χ4v) is 2.10. The van der Waals surface area contributed by atoms with Gasteiger partial charge in [0.25, 0.3) is 0 Å². The van der Waals surface area contributed by atoms with E-state index in [2.05, 4.69) is 6.07 Å². The lowest BCUT2D eigenvalue weighted by molar-refractivity contribution is -0.142. The van der Waals surface area contributed by atoms with Gasteiger partial charge in [-0.05, 0) is 41.3 Å². The van der Waals surface area contributed by atoms with Gasteiger partial charge in [0, 0.05) is 6.92 Å². The van der Waals surface area contributed by atoms with Crippen LogP contribution in [0.4, 0.5) is 0 Å². The third-order valence-corrected chi connectivity index (χ3v) is 3.28. The summed E-state index contributed by atoms with van der Waals surface area (Å²) in [6.07, 6.45) is 0. The molecule has 104 valence electrons. The van der Waals surface area contributed by atoms with E-state index in [-0.39, 0.29) is 5.97 Å². The van der Waals surface area contributed by atoms with E-state index in [1.54, 1.807) is 7.11 Å². The summed E-state index contributed by atoms with van der Waals surface area (Å²) in [5.74, 6) is 0.571. The Morgan fingerprint density at radius 1 is 1.10 bits per heavy atom. The van der Waals surface area contributed by atoms with Crippen LogP contribution in [0.25, 0.3) is 11.1 Å². The van der Waals surface area contributed by atoms with Crippen LogP contribution in [0.5, 0.6) is 5.75 Å². The largest absolute Gasteiger partial charge is 0.497 e. The van der Waals surface area contributed by atoms with E-state index >= 15 is 0 Å². The Morgan fingerprint density at radius 2 is 1.80 bits per heavy atom. The molecule has 0 aliphatic heterocycles. The van der Waals surface area contributed by atoms with Crippen LogP contribution >= 0.6 is 0 Å². The van der Waals surface area contributed by atoms with Crippen LogP contribution in [0.1, 0.15) is 18.1 Å². The van der Waals surface area contributed by atoms with E-state index in [1.807, 2.05) is 43.3 Å². The first kappa shape index (κ1) is 14.1. The third-order valence-electron chi connectivity index (χ3n) is 3.28. The minimum atomic E-state index is -0.265. The highest BCUT2D eigenvalue weighted by Crippen LogP contribution is 2.27. The molecule has 0 saturated heterocycles. The van der Waals surface area contributed by atoms with E-state index < -0.39 is 0 Å². The molecule has 0 atom stereocenters. The molecular formula is C17H18O3. The van der Waals surface area contributed by atoms with E-state index in [1.165, 1.54) is 6.92 Å². The number of esters is 1. The quantitative estimate of drug-likeness (QED) is 0.794. The average Bonchev–Trinajstić information content (AvgIpc) is 2.46.